The third kappa shape index (κ3) is 6.35. The van der Waals surface area contributed by atoms with Crippen LogP contribution in [0.4, 0.5) is 17.5 Å². The van der Waals surface area contributed by atoms with Crippen LogP contribution in [0.2, 0.25) is 0 Å². The fraction of sp³-hybridized carbons (Fsp3) is 0.500. The van der Waals surface area contributed by atoms with Gasteiger partial charge in [0.05, 0.1) is 0 Å². The molecule has 0 saturated carbocycles. The maximum atomic E-state index is 4.57. The number of hydrogen-bond acceptors (Lipinski definition) is 5. The molecule has 0 amide bonds. The molecule has 1 aromatic carbocycles. The maximum absolute atomic E-state index is 4.57. The zero-order chi connectivity index (χ0) is 18.4. The zero-order valence-electron chi connectivity index (χ0n) is 16.3. The summed E-state index contributed by atoms with van der Waals surface area (Å²) in [6, 6.07) is 10.4. The number of rotatable bonds is 7. The van der Waals surface area contributed by atoms with E-state index in [4.69, 9.17) is 0 Å². The van der Waals surface area contributed by atoms with Crippen LogP contribution in [0.25, 0.3) is 0 Å². The molecule has 25 heavy (non-hydrogen) atoms. The minimum absolute atomic E-state index is 0.155. The number of hydrogen-bond donors (Lipinski definition) is 2. The maximum Gasteiger partial charge on any atom is 0.229 e. The van der Waals surface area contributed by atoms with E-state index in [-0.39, 0.29) is 5.41 Å². The van der Waals surface area contributed by atoms with Crippen molar-refractivity contribution in [3.63, 3.8) is 0 Å². The van der Waals surface area contributed by atoms with Crippen LogP contribution in [-0.4, -0.2) is 42.1 Å². The fourth-order valence-corrected chi connectivity index (χ4v) is 2.51. The van der Waals surface area contributed by atoms with Gasteiger partial charge in [-0.05, 0) is 57.1 Å². The second kappa shape index (κ2) is 8.30. The van der Waals surface area contributed by atoms with Gasteiger partial charge in [0.15, 0.2) is 0 Å². The predicted octanol–water partition coefficient (Wildman–Crippen LogP) is 4.19. The van der Waals surface area contributed by atoms with E-state index in [1.54, 1.807) is 0 Å². The molecule has 1 aromatic heterocycles. The Labute approximate surface area is 151 Å². The predicted molar refractivity (Wildman–Crippen MR) is 107 cm³/mol. The molecule has 2 N–H and O–H groups in total. The molecule has 5 nitrogen and oxygen atoms in total. The first kappa shape index (κ1) is 19.2. The van der Waals surface area contributed by atoms with Crippen molar-refractivity contribution >= 4 is 17.5 Å². The van der Waals surface area contributed by atoms with Gasteiger partial charge in [0, 0.05) is 24.0 Å². The molecule has 0 aliphatic heterocycles. The minimum atomic E-state index is 0.155. The second-order valence-electron chi connectivity index (χ2n) is 7.75. The SMILES string of the molecule is Cc1cc(NCCCN(C)C)nc(Nc2ccc(C(C)(C)C)cc2)n1. The van der Waals surface area contributed by atoms with Crippen LogP contribution in [0.1, 0.15) is 38.4 Å². The molecule has 0 saturated heterocycles. The number of anilines is 3. The van der Waals surface area contributed by atoms with E-state index < -0.39 is 0 Å². The Bertz CT molecular complexity index is 671. The molecular formula is C20H31N5. The normalized spacial score (nSPS) is 11.6. The third-order valence-electron chi connectivity index (χ3n) is 3.95. The lowest BCUT2D eigenvalue weighted by molar-refractivity contribution is 0.405. The van der Waals surface area contributed by atoms with Crippen LogP contribution in [0, 0.1) is 6.92 Å². The summed E-state index contributed by atoms with van der Waals surface area (Å²) in [4.78, 5) is 11.2. The summed E-state index contributed by atoms with van der Waals surface area (Å²) in [5, 5.41) is 6.68. The molecule has 5 heteroatoms. The average Bonchev–Trinajstić information content (AvgIpc) is 2.50. The van der Waals surface area contributed by atoms with Gasteiger partial charge < -0.3 is 15.5 Å². The zero-order valence-corrected chi connectivity index (χ0v) is 16.3. The van der Waals surface area contributed by atoms with E-state index in [9.17, 15) is 0 Å². The highest BCUT2D eigenvalue weighted by atomic mass is 15.1. The van der Waals surface area contributed by atoms with Crippen molar-refractivity contribution in [3.05, 3.63) is 41.6 Å². The van der Waals surface area contributed by atoms with Gasteiger partial charge in [-0.1, -0.05) is 32.9 Å². The third-order valence-corrected chi connectivity index (χ3v) is 3.95. The molecule has 0 spiro atoms. The van der Waals surface area contributed by atoms with Gasteiger partial charge in [0.2, 0.25) is 5.95 Å². The van der Waals surface area contributed by atoms with E-state index in [1.165, 1.54) is 5.56 Å². The minimum Gasteiger partial charge on any atom is -0.370 e. The van der Waals surface area contributed by atoms with E-state index in [0.29, 0.717) is 5.95 Å². The Morgan fingerprint density at radius 3 is 2.32 bits per heavy atom. The molecule has 0 fully saturated rings. The fourth-order valence-electron chi connectivity index (χ4n) is 2.51. The lowest BCUT2D eigenvalue weighted by Crippen LogP contribution is -2.17. The van der Waals surface area contributed by atoms with Gasteiger partial charge in [-0.25, -0.2) is 4.98 Å². The second-order valence-corrected chi connectivity index (χ2v) is 7.75. The monoisotopic (exact) mass is 341 g/mol. The Hall–Kier alpha value is -2.14. The van der Waals surface area contributed by atoms with Crippen LogP contribution < -0.4 is 10.6 Å². The van der Waals surface area contributed by atoms with Crippen molar-refractivity contribution < 1.29 is 0 Å². The van der Waals surface area contributed by atoms with Gasteiger partial charge in [-0.15, -0.1) is 0 Å². The molecule has 0 aliphatic rings. The first-order valence-corrected chi connectivity index (χ1v) is 8.86. The number of aryl methyl sites for hydroxylation is 1. The van der Waals surface area contributed by atoms with Crippen LogP contribution in [0.15, 0.2) is 30.3 Å². The number of benzene rings is 1. The van der Waals surface area contributed by atoms with Crippen molar-refractivity contribution in [1.29, 1.82) is 0 Å². The smallest absolute Gasteiger partial charge is 0.229 e. The van der Waals surface area contributed by atoms with Gasteiger partial charge in [-0.3, -0.25) is 0 Å². The van der Waals surface area contributed by atoms with E-state index >= 15 is 0 Å². The molecule has 1 heterocycles. The van der Waals surface area contributed by atoms with E-state index in [0.717, 1.165) is 36.7 Å². The summed E-state index contributed by atoms with van der Waals surface area (Å²) in [5.74, 6) is 1.48. The van der Waals surface area contributed by atoms with Crippen molar-refractivity contribution in [2.45, 2.75) is 39.5 Å². The molecule has 0 aliphatic carbocycles. The summed E-state index contributed by atoms with van der Waals surface area (Å²) in [5.41, 5.74) is 3.41. The van der Waals surface area contributed by atoms with Gasteiger partial charge in [0.25, 0.3) is 0 Å². The highest BCUT2D eigenvalue weighted by Gasteiger charge is 2.13. The summed E-state index contributed by atoms with van der Waals surface area (Å²) < 4.78 is 0. The lowest BCUT2D eigenvalue weighted by atomic mass is 9.87. The summed E-state index contributed by atoms with van der Waals surface area (Å²) >= 11 is 0. The Morgan fingerprint density at radius 1 is 1.04 bits per heavy atom. The highest BCUT2D eigenvalue weighted by Crippen LogP contribution is 2.24. The van der Waals surface area contributed by atoms with Gasteiger partial charge in [-0.2, -0.15) is 4.98 Å². The van der Waals surface area contributed by atoms with Crippen molar-refractivity contribution in [1.82, 2.24) is 14.9 Å². The molecule has 2 rings (SSSR count). The number of aromatic nitrogens is 2. The van der Waals surface area contributed by atoms with Crippen LogP contribution in [0.5, 0.6) is 0 Å². The van der Waals surface area contributed by atoms with Crippen molar-refractivity contribution in [2.75, 3.05) is 37.8 Å². The van der Waals surface area contributed by atoms with Crippen LogP contribution in [0.3, 0.4) is 0 Å². The largest absolute Gasteiger partial charge is 0.370 e. The quantitative estimate of drug-likeness (QED) is 0.740. The first-order chi connectivity index (χ1) is 11.7. The molecule has 136 valence electrons. The average molecular weight is 342 g/mol. The molecule has 0 atom stereocenters. The number of nitrogens with one attached hydrogen (secondary N) is 2. The molecular weight excluding hydrogens is 310 g/mol. The Balaban J connectivity index is 2.02. The number of nitrogens with zero attached hydrogens (tertiary/aromatic N) is 3. The Morgan fingerprint density at radius 2 is 1.72 bits per heavy atom. The molecule has 0 radical (unpaired) electrons. The standard InChI is InChI=1S/C20H31N5/c1-15-14-18(21-12-7-13-25(5)6)24-19(22-15)23-17-10-8-16(9-11-17)20(2,3)4/h8-11,14H,7,12-13H2,1-6H3,(H2,21,22,23,24). The highest BCUT2D eigenvalue weighted by molar-refractivity contribution is 5.56. The van der Waals surface area contributed by atoms with E-state index in [1.807, 2.05) is 13.0 Å². The lowest BCUT2D eigenvalue weighted by Gasteiger charge is -2.19. The molecule has 0 bridgehead atoms. The van der Waals surface area contributed by atoms with E-state index in [2.05, 4.69) is 84.6 Å². The first-order valence-electron chi connectivity index (χ1n) is 8.86. The molecule has 0 unspecified atom stereocenters. The Kier molecular flexibility index (Phi) is 6.37. The van der Waals surface area contributed by atoms with Crippen LogP contribution in [-0.2, 0) is 5.41 Å². The molecule has 2 aromatic rings. The van der Waals surface area contributed by atoms with Gasteiger partial charge >= 0.3 is 0 Å². The van der Waals surface area contributed by atoms with Crippen molar-refractivity contribution in [2.24, 2.45) is 0 Å². The summed E-state index contributed by atoms with van der Waals surface area (Å²) in [7, 11) is 4.17. The topological polar surface area (TPSA) is 53.1 Å². The summed E-state index contributed by atoms with van der Waals surface area (Å²) in [6.07, 6.45) is 1.08. The van der Waals surface area contributed by atoms with Crippen molar-refractivity contribution in [3.8, 4) is 0 Å². The summed E-state index contributed by atoms with van der Waals surface area (Å²) in [6.45, 7) is 10.6. The van der Waals surface area contributed by atoms with Crippen LogP contribution >= 0.6 is 0 Å². The van der Waals surface area contributed by atoms with Gasteiger partial charge in [0.1, 0.15) is 5.82 Å².